The maximum absolute atomic E-state index is 10.8. The second-order valence-corrected chi connectivity index (χ2v) is 4.76. The predicted molar refractivity (Wildman–Crippen MR) is 84.0 cm³/mol. The first-order valence-electron chi connectivity index (χ1n) is 7.01. The molecule has 0 aliphatic rings. The molecule has 0 unspecified atom stereocenters. The summed E-state index contributed by atoms with van der Waals surface area (Å²) in [6.07, 6.45) is -1.60. The monoisotopic (exact) mass is 296 g/mol. The van der Waals surface area contributed by atoms with E-state index in [1.165, 1.54) is 16.7 Å². The predicted octanol–water partition coefficient (Wildman–Crippen LogP) is 6.08. The molecule has 116 valence electrons. The SMILES string of the molecule is CCC#C/C(C)=C/c1c(C)cccc1C.CCC(F)(F)F. The Morgan fingerprint density at radius 2 is 1.62 bits per heavy atom. The fraction of sp³-hybridized carbons (Fsp3) is 0.444. The van der Waals surface area contributed by atoms with E-state index in [2.05, 4.69) is 63.8 Å². The van der Waals surface area contributed by atoms with Crippen molar-refractivity contribution < 1.29 is 13.2 Å². The van der Waals surface area contributed by atoms with E-state index in [0.717, 1.165) is 18.9 Å². The number of hydrogen-bond acceptors (Lipinski definition) is 0. The molecule has 0 fully saturated rings. The highest BCUT2D eigenvalue weighted by molar-refractivity contribution is 5.63. The van der Waals surface area contributed by atoms with Crippen molar-refractivity contribution in [2.75, 3.05) is 0 Å². The van der Waals surface area contributed by atoms with Crippen LogP contribution in [0.5, 0.6) is 0 Å². The zero-order valence-corrected chi connectivity index (χ0v) is 13.4. The summed E-state index contributed by atoms with van der Waals surface area (Å²) in [5, 5.41) is 0. The van der Waals surface area contributed by atoms with Crippen LogP contribution in [0.2, 0.25) is 0 Å². The molecule has 0 spiro atoms. The third-order valence-corrected chi connectivity index (χ3v) is 2.77. The number of alkyl halides is 3. The molecule has 0 aliphatic carbocycles. The zero-order chi connectivity index (χ0) is 16.5. The van der Waals surface area contributed by atoms with Crippen LogP contribution in [0.3, 0.4) is 0 Å². The highest BCUT2D eigenvalue weighted by Gasteiger charge is 2.22. The standard InChI is InChI=1S/C15H18.C3H5F3/c1-5-6-8-12(2)11-15-13(3)9-7-10-14(15)4;1-2-3(4,5)6/h7,9-11H,5H2,1-4H3;2H2,1H3/b12-11+;. The molecule has 0 saturated heterocycles. The van der Waals surface area contributed by atoms with Gasteiger partial charge in [0.2, 0.25) is 0 Å². The molecular weight excluding hydrogens is 273 g/mol. The van der Waals surface area contributed by atoms with Crippen molar-refractivity contribution in [2.24, 2.45) is 0 Å². The molecule has 0 aromatic heterocycles. The Kier molecular flexibility index (Phi) is 8.54. The second kappa shape index (κ2) is 9.28. The minimum Gasteiger partial charge on any atom is -0.171 e. The molecule has 1 aromatic carbocycles. The molecule has 0 amide bonds. The number of allylic oxidation sites excluding steroid dienone is 1. The number of halogens is 3. The van der Waals surface area contributed by atoms with Gasteiger partial charge in [-0.25, -0.2) is 0 Å². The first-order chi connectivity index (χ1) is 9.71. The van der Waals surface area contributed by atoms with E-state index in [0.29, 0.717) is 0 Å². The first-order valence-corrected chi connectivity index (χ1v) is 7.01. The maximum atomic E-state index is 10.8. The molecular formula is C18H23F3. The number of hydrogen-bond donors (Lipinski definition) is 0. The quantitative estimate of drug-likeness (QED) is 0.551. The van der Waals surface area contributed by atoms with Gasteiger partial charge in [0.15, 0.2) is 0 Å². The van der Waals surface area contributed by atoms with Gasteiger partial charge in [-0.2, -0.15) is 13.2 Å². The van der Waals surface area contributed by atoms with Crippen molar-refractivity contribution in [2.45, 2.75) is 53.6 Å². The average Bonchev–Trinajstić information content (AvgIpc) is 2.40. The van der Waals surface area contributed by atoms with E-state index in [4.69, 9.17) is 0 Å². The van der Waals surface area contributed by atoms with Crippen molar-refractivity contribution in [3.8, 4) is 11.8 Å². The fourth-order valence-corrected chi connectivity index (χ4v) is 1.54. The Balaban J connectivity index is 0.000000567. The normalized spacial score (nSPS) is 11.1. The van der Waals surface area contributed by atoms with Gasteiger partial charge in [-0.3, -0.25) is 0 Å². The second-order valence-electron chi connectivity index (χ2n) is 4.76. The minimum absolute atomic E-state index is 0.729. The third-order valence-electron chi connectivity index (χ3n) is 2.77. The topological polar surface area (TPSA) is 0 Å². The third kappa shape index (κ3) is 8.96. The lowest BCUT2D eigenvalue weighted by Crippen LogP contribution is -2.02. The molecule has 0 saturated carbocycles. The zero-order valence-electron chi connectivity index (χ0n) is 13.4. The minimum atomic E-state index is -3.96. The lowest BCUT2D eigenvalue weighted by atomic mass is 10.0. The van der Waals surface area contributed by atoms with Crippen molar-refractivity contribution in [1.82, 2.24) is 0 Å². The number of aryl methyl sites for hydroxylation is 2. The van der Waals surface area contributed by atoms with Gasteiger partial charge < -0.3 is 0 Å². The van der Waals surface area contributed by atoms with Crippen molar-refractivity contribution in [3.63, 3.8) is 0 Å². The lowest BCUT2D eigenvalue weighted by Gasteiger charge is -2.04. The summed E-state index contributed by atoms with van der Waals surface area (Å²) >= 11 is 0. The van der Waals surface area contributed by atoms with Crippen LogP contribution in [-0.4, -0.2) is 6.18 Å². The molecule has 0 N–H and O–H groups in total. The van der Waals surface area contributed by atoms with Crippen LogP contribution in [0.15, 0.2) is 23.8 Å². The van der Waals surface area contributed by atoms with Gasteiger partial charge in [0.05, 0.1) is 0 Å². The Morgan fingerprint density at radius 3 is 2.00 bits per heavy atom. The Bertz CT molecular complexity index is 505. The van der Waals surface area contributed by atoms with Crippen molar-refractivity contribution in [1.29, 1.82) is 0 Å². The summed E-state index contributed by atoms with van der Waals surface area (Å²) in [6.45, 7) is 9.49. The van der Waals surface area contributed by atoms with Gasteiger partial charge in [0.25, 0.3) is 0 Å². The molecule has 0 radical (unpaired) electrons. The molecule has 0 aliphatic heterocycles. The van der Waals surface area contributed by atoms with Crippen LogP contribution in [0.25, 0.3) is 6.08 Å². The van der Waals surface area contributed by atoms with Crippen molar-refractivity contribution in [3.05, 3.63) is 40.5 Å². The summed E-state index contributed by atoms with van der Waals surface area (Å²) in [7, 11) is 0. The maximum Gasteiger partial charge on any atom is 0.388 e. The molecule has 1 aromatic rings. The summed E-state index contributed by atoms with van der Waals surface area (Å²) in [5.41, 5.74) is 5.06. The van der Waals surface area contributed by atoms with E-state index in [1.54, 1.807) is 0 Å². The molecule has 21 heavy (non-hydrogen) atoms. The molecule has 0 bridgehead atoms. The van der Waals surface area contributed by atoms with E-state index < -0.39 is 12.6 Å². The van der Waals surface area contributed by atoms with E-state index in [9.17, 15) is 13.2 Å². The Hall–Kier alpha value is -1.69. The molecule has 0 atom stereocenters. The smallest absolute Gasteiger partial charge is 0.171 e. The first kappa shape index (κ1) is 19.3. The summed E-state index contributed by atoms with van der Waals surface area (Å²) < 4.78 is 32.4. The van der Waals surface area contributed by atoms with E-state index in [-0.39, 0.29) is 0 Å². The Morgan fingerprint density at radius 1 is 1.14 bits per heavy atom. The molecule has 1 rings (SSSR count). The van der Waals surface area contributed by atoms with Gasteiger partial charge in [-0.1, -0.05) is 43.9 Å². The van der Waals surface area contributed by atoms with Crippen LogP contribution < -0.4 is 0 Å². The highest BCUT2D eigenvalue weighted by atomic mass is 19.4. The molecule has 0 nitrogen and oxygen atoms in total. The Labute approximate surface area is 126 Å². The van der Waals surface area contributed by atoms with Crippen molar-refractivity contribution >= 4 is 6.08 Å². The summed E-state index contributed by atoms with van der Waals surface area (Å²) in [5.74, 6) is 6.24. The lowest BCUT2D eigenvalue weighted by molar-refractivity contribution is -0.130. The van der Waals surface area contributed by atoms with Gasteiger partial charge in [0.1, 0.15) is 0 Å². The summed E-state index contributed by atoms with van der Waals surface area (Å²) in [4.78, 5) is 0. The van der Waals surface area contributed by atoms with Crippen LogP contribution in [0, 0.1) is 25.7 Å². The van der Waals surface area contributed by atoms with Crippen LogP contribution in [-0.2, 0) is 0 Å². The van der Waals surface area contributed by atoms with E-state index in [1.807, 2.05) is 0 Å². The van der Waals surface area contributed by atoms with Crippen LogP contribution in [0.1, 0.15) is 50.3 Å². The van der Waals surface area contributed by atoms with Gasteiger partial charge in [-0.05, 0) is 49.1 Å². The molecule has 0 heterocycles. The van der Waals surface area contributed by atoms with Gasteiger partial charge >= 0.3 is 6.18 Å². The average molecular weight is 296 g/mol. The summed E-state index contributed by atoms with van der Waals surface area (Å²) in [6, 6.07) is 6.37. The fourth-order valence-electron chi connectivity index (χ4n) is 1.54. The largest absolute Gasteiger partial charge is 0.388 e. The number of rotatable bonds is 1. The molecule has 3 heteroatoms. The van der Waals surface area contributed by atoms with Crippen LogP contribution in [0.4, 0.5) is 13.2 Å². The van der Waals surface area contributed by atoms with Gasteiger partial charge in [0, 0.05) is 12.8 Å². The highest BCUT2D eigenvalue weighted by Crippen LogP contribution is 2.17. The number of benzene rings is 1. The van der Waals surface area contributed by atoms with E-state index >= 15 is 0 Å². The van der Waals surface area contributed by atoms with Crippen LogP contribution >= 0.6 is 0 Å². The van der Waals surface area contributed by atoms with Gasteiger partial charge in [-0.15, -0.1) is 0 Å².